The first-order valence-corrected chi connectivity index (χ1v) is 7.72. The quantitative estimate of drug-likeness (QED) is 0.918. The number of nitrogens with zero attached hydrogens (tertiary/aromatic N) is 2. The summed E-state index contributed by atoms with van der Waals surface area (Å²) in [4.78, 5) is 6.82. The summed E-state index contributed by atoms with van der Waals surface area (Å²) in [6, 6.07) is 4.66. The standard InChI is InChI=1S/C14H16ClN3S/c15-13-5-11(6-16)7-17-14(13)18(12-1-2-12)8-10-3-4-19-9-10/h3-5,7,9,12H,1-2,6,8,16H2. The first kappa shape index (κ1) is 12.9. The second kappa shape index (κ2) is 5.49. The Balaban J connectivity index is 1.87. The molecule has 100 valence electrons. The lowest BCUT2D eigenvalue weighted by Crippen LogP contribution is -2.26. The molecule has 1 aliphatic carbocycles. The van der Waals surface area contributed by atoms with Gasteiger partial charge in [-0.3, -0.25) is 0 Å². The zero-order valence-electron chi connectivity index (χ0n) is 10.6. The van der Waals surface area contributed by atoms with Crippen molar-refractivity contribution in [3.63, 3.8) is 0 Å². The van der Waals surface area contributed by atoms with Crippen LogP contribution in [-0.4, -0.2) is 11.0 Å². The molecule has 1 aliphatic rings. The van der Waals surface area contributed by atoms with Gasteiger partial charge in [0, 0.05) is 25.3 Å². The molecule has 1 saturated carbocycles. The highest BCUT2D eigenvalue weighted by molar-refractivity contribution is 7.07. The molecule has 3 rings (SSSR count). The Kier molecular flexibility index (Phi) is 3.73. The van der Waals surface area contributed by atoms with E-state index in [1.165, 1.54) is 18.4 Å². The zero-order valence-corrected chi connectivity index (χ0v) is 12.1. The van der Waals surface area contributed by atoms with Crippen LogP contribution in [-0.2, 0) is 13.1 Å². The van der Waals surface area contributed by atoms with Crippen LogP contribution in [0.5, 0.6) is 0 Å². The van der Waals surface area contributed by atoms with Crippen molar-refractivity contribution in [1.29, 1.82) is 0 Å². The second-order valence-corrected chi connectivity index (χ2v) is 6.03. The molecule has 0 unspecified atom stereocenters. The number of thiophene rings is 1. The molecule has 0 saturated heterocycles. The van der Waals surface area contributed by atoms with Crippen LogP contribution in [0.2, 0.25) is 5.02 Å². The molecule has 3 nitrogen and oxygen atoms in total. The van der Waals surface area contributed by atoms with Gasteiger partial charge in [0.1, 0.15) is 5.82 Å². The minimum Gasteiger partial charge on any atom is -0.348 e. The Bertz CT molecular complexity index is 552. The molecule has 0 amide bonds. The van der Waals surface area contributed by atoms with Gasteiger partial charge in [0.2, 0.25) is 0 Å². The van der Waals surface area contributed by atoms with E-state index in [2.05, 4.69) is 26.7 Å². The molecule has 0 radical (unpaired) electrons. The fourth-order valence-corrected chi connectivity index (χ4v) is 3.09. The van der Waals surface area contributed by atoms with Crippen LogP contribution in [0.4, 0.5) is 5.82 Å². The summed E-state index contributed by atoms with van der Waals surface area (Å²) < 4.78 is 0. The second-order valence-electron chi connectivity index (χ2n) is 4.84. The maximum Gasteiger partial charge on any atom is 0.147 e. The van der Waals surface area contributed by atoms with E-state index in [1.807, 2.05) is 12.3 Å². The lowest BCUT2D eigenvalue weighted by molar-refractivity contribution is 0.779. The highest BCUT2D eigenvalue weighted by Gasteiger charge is 2.31. The first-order valence-electron chi connectivity index (χ1n) is 6.40. The summed E-state index contributed by atoms with van der Waals surface area (Å²) in [5.74, 6) is 0.882. The van der Waals surface area contributed by atoms with Crippen LogP contribution in [0.25, 0.3) is 0 Å². The fourth-order valence-electron chi connectivity index (χ4n) is 2.14. The summed E-state index contributed by atoms with van der Waals surface area (Å²) in [5.41, 5.74) is 7.91. The summed E-state index contributed by atoms with van der Waals surface area (Å²) in [6.07, 6.45) is 4.27. The molecule has 0 aromatic carbocycles. The molecule has 2 heterocycles. The minimum absolute atomic E-state index is 0.473. The highest BCUT2D eigenvalue weighted by Crippen LogP contribution is 2.35. The summed E-state index contributed by atoms with van der Waals surface area (Å²) >= 11 is 8.08. The molecule has 0 spiro atoms. The Hall–Kier alpha value is -1.10. The van der Waals surface area contributed by atoms with E-state index >= 15 is 0 Å². The van der Waals surface area contributed by atoms with Crippen molar-refractivity contribution in [2.75, 3.05) is 4.90 Å². The summed E-state index contributed by atoms with van der Waals surface area (Å²) in [5, 5.41) is 4.98. The predicted molar refractivity (Wildman–Crippen MR) is 80.7 cm³/mol. The monoisotopic (exact) mass is 293 g/mol. The van der Waals surface area contributed by atoms with Crippen LogP contribution in [0.3, 0.4) is 0 Å². The average molecular weight is 294 g/mol. The van der Waals surface area contributed by atoms with Gasteiger partial charge in [0.05, 0.1) is 5.02 Å². The fraction of sp³-hybridized carbons (Fsp3) is 0.357. The van der Waals surface area contributed by atoms with Gasteiger partial charge in [-0.2, -0.15) is 11.3 Å². The van der Waals surface area contributed by atoms with Crippen molar-refractivity contribution in [3.05, 3.63) is 45.2 Å². The van der Waals surface area contributed by atoms with Crippen molar-refractivity contribution in [2.45, 2.75) is 32.0 Å². The van der Waals surface area contributed by atoms with Gasteiger partial charge in [0.15, 0.2) is 0 Å². The van der Waals surface area contributed by atoms with Crippen LogP contribution in [0, 0.1) is 0 Å². The highest BCUT2D eigenvalue weighted by atomic mass is 35.5. The molecule has 1 fully saturated rings. The third-order valence-electron chi connectivity index (χ3n) is 3.31. The van der Waals surface area contributed by atoms with Crippen LogP contribution >= 0.6 is 22.9 Å². The van der Waals surface area contributed by atoms with Gasteiger partial charge in [-0.15, -0.1) is 0 Å². The van der Waals surface area contributed by atoms with Crippen molar-refractivity contribution < 1.29 is 0 Å². The molecule has 2 aromatic heterocycles. The van der Waals surface area contributed by atoms with E-state index in [4.69, 9.17) is 17.3 Å². The van der Waals surface area contributed by atoms with Gasteiger partial charge in [-0.1, -0.05) is 11.6 Å². The Labute approximate surface area is 122 Å². The van der Waals surface area contributed by atoms with Gasteiger partial charge in [-0.05, 0) is 46.9 Å². The number of hydrogen-bond acceptors (Lipinski definition) is 4. The Morgan fingerprint density at radius 1 is 1.42 bits per heavy atom. The van der Waals surface area contributed by atoms with E-state index in [0.29, 0.717) is 17.6 Å². The predicted octanol–water partition coefficient (Wildman–Crippen LogP) is 3.42. The van der Waals surface area contributed by atoms with E-state index in [-0.39, 0.29) is 0 Å². The lowest BCUT2D eigenvalue weighted by Gasteiger charge is -2.24. The molecule has 5 heteroatoms. The normalized spacial score (nSPS) is 14.6. The van der Waals surface area contributed by atoms with E-state index in [0.717, 1.165) is 17.9 Å². The van der Waals surface area contributed by atoms with Crippen molar-refractivity contribution >= 4 is 28.8 Å². The largest absolute Gasteiger partial charge is 0.348 e. The number of anilines is 1. The smallest absolute Gasteiger partial charge is 0.147 e. The van der Waals surface area contributed by atoms with Gasteiger partial charge < -0.3 is 10.6 Å². The third kappa shape index (κ3) is 2.91. The lowest BCUT2D eigenvalue weighted by atomic mass is 10.2. The van der Waals surface area contributed by atoms with Crippen LogP contribution in [0.1, 0.15) is 24.0 Å². The zero-order chi connectivity index (χ0) is 13.2. The molecule has 0 aliphatic heterocycles. The molecular formula is C14H16ClN3S. The molecule has 2 N–H and O–H groups in total. The summed E-state index contributed by atoms with van der Waals surface area (Å²) in [6.45, 7) is 1.35. The molecule has 19 heavy (non-hydrogen) atoms. The van der Waals surface area contributed by atoms with Crippen molar-refractivity contribution in [2.24, 2.45) is 5.73 Å². The Morgan fingerprint density at radius 3 is 2.84 bits per heavy atom. The SMILES string of the molecule is NCc1cnc(N(Cc2ccsc2)C2CC2)c(Cl)c1. The number of nitrogens with two attached hydrogens (primary N) is 1. The number of rotatable bonds is 5. The van der Waals surface area contributed by atoms with E-state index < -0.39 is 0 Å². The third-order valence-corrected chi connectivity index (χ3v) is 4.32. The topological polar surface area (TPSA) is 42.1 Å². The Morgan fingerprint density at radius 2 is 2.26 bits per heavy atom. The van der Waals surface area contributed by atoms with Gasteiger partial charge >= 0.3 is 0 Å². The number of halogens is 1. The van der Waals surface area contributed by atoms with E-state index in [9.17, 15) is 0 Å². The number of hydrogen-bond donors (Lipinski definition) is 1. The number of pyridine rings is 1. The molecule has 2 aromatic rings. The maximum atomic E-state index is 6.36. The maximum absolute atomic E-state index is 6.36. The minimum atomic E-state index is 0.473. The van der Waals surface area contributed by atoms with E-state index in [1.54, 1.807) is 11.3 Å². The first-order chi connectivity index (χ1) is 9.28. The molecule has 0 atom stereocenters. The number of aromatic nitrogens is 1. The van der Waals surface area contributed by atoms with Gasteiger partial charge in [0.25, 0.3) is 0 Å². The van der Waals surface area contributed by atoms with Crippen LogP contribution in [0.15, 0.2) is 29.1 Å². The van der Waals surface area contributed by atoms with Crippen LogP contribution < -0.4 is 10.6 Å². The van der Waals surface area contributed by atoms with Gasteiger partial charge in [-0.25, -0.2) is 4.98 Å². The average Bonchev–Trinajstić information content (AvgIpc) is 3.14. The molecule has 0 bridgehead atoms. The van der Waals surface area contributed by atoms with Crippen molar-refractivity contribution in [1.82, 2.24) is 4.98 Å². The summed E-state index contributed by atoms with van der Waals surface area (Å²) in [7, 11) is 0. The molecular weight excluding hydrogens is 278 g/mol. The van der Waals surface area contributed by atoms with Crippen molar-refractivity contribution in [3.8, 4) is 0 Å².